The van der Waals surface area contributed by atoms with Gasteiger partial charge in [0.2, 0.25) is 0 Å². The Labute approximate surface area is 158 Å². The van der Waals surface area contributed by atoms with Crippen molar-refractivity contribution in [1.82, 2.24) is 19.6 Å². The summed E-state index contributed by atoms with van der Waals surface area (Å²) >= 11 is 0. The number of hydrogen-bond donors (Lipinski definition) is 1. The Morgan fingerprint density at radius 3 is 1.70 bits per heavy atom. The minimum Gasteiger partial charge on any atom is -0.324 e. The molecule has 2 heterocycles. The average Bonchev–Trinajstić information content (AvgIpc) is 3.43. The molecule has 0 spiro atoms. The minimum atomic E-state index is 0.0849. The van der Waals surface area contributed by atoms with Crippen LogP contribution in [0.3, 0.4) is 0 Å². The molecule has 1 atom stereocenters. The second-order valence-electron chi connectivity index (χ2n) is 5.94. The molecule has 0 aliphatic rings. The van der Waals surface area contributed by atoms with Crippen LogP contribution in [0, 0.1) is 11.3 Å². The lowest BCUT2D eigenvalue weighted by Crippen LogP contribution is -2.05. The standard InChI is InChI=1S/C11H13N3.C10H7N3/c1-9(12)10-3-5-11(6-4-10)14-8-2-7-13-14;11-8-9-2-4-10(5-3-9)13-7-1-6-12-13/h2-9H,12H2,1H3;1-7H. The second kappa shape index (κ2) is 8.61. The van der Waals surface area contributed by atoms with Gasteiger partial charge in [-0.05, 0) is 61.0 Å². The summed E-state index contributed by atoms with van der Waals surface area (Å²) in [4.78, 5) is 0. The van der Waals surface area contributed by atoms with Crippen LogP contribution in [0.1, 0.15) is 24.1 Å². The quantitative estimate of drug-likeness (QED) is 0.607. The maximum absolute atomic E-state index is 8.59. The summed E-state index contributed by atoms with van der Waals surface area (Å²) < 4.78 is 3.58. The molecule has 27 heavy (non-hydrogen) atoms. The van der Waals surface area contributed by atoms with Gasteiger partial charge in [-0.3, -0.25) is 0 Å². The molecule has 6 nitrogen and oxygen atoms in total. The molecular formula is C21H20N6. The number of hydrogen-bond acceptors (Lipinski definition) is 4. The third-order valence-electron chi connectivity index (χ3n) is 3.95. The van der Waals surface area contributed by atoms with E-state index in [9.17, 15) is 0 Å². The van der Waals surface area contributed by atoms with Gasteiger partial charge in [-0.15, -0.1) is 0 Å². The number of nitriles is 1. The van der Waals surface area contributed by atoms with Gasteiger partial charge in [0.15, 0.2) is 0 Å². The number of rotatable bonds is 3. The van der Waals surface area contributed by atoms with Crippen molar-refractivity contribution in [2.45, 2.75) is 13.0 Å². The molecule has 0 saturated carbocycles. The Hall–Kier alpha value is -3.69. The molecule has 0 amide bonds. The maximum atomic E-state index is 8.59. The normalized spacial score (nSPS) is 11.1. The molecule has 1 unspecified atom stereocenters. The van der Waals surface area contributed by atoms with Crippen molar-refractivity contribution < 1.29 is 0 Å². The molecular weight excluding hydrogens is 336 g/mol. The molecule has 2 N–H and O–H groups in total. The van der Waals surface area contributed by atoms with Crippen molar-refractivity contribution in [3.05, 3.63) is 96.6 Å². The fourth-order valence-corrected chi connectivity index (χ4v) is 2.46. The number of nitrogens with two attached hydrogens (primary N) is 1. The van der Waals surface area contributed by atoms with Crippen molar-refractivity contribution in [1.29, 1.82) is 5.26 Å². The van der Waals surface area contributed by atoms with Crippen LogP contribution in [0.15, 0.2) is 85.5 Å². The summed E-state index contributed by atoms with van der Waals surface area (Å²) in [6, 6.07) is 21.3. The summed E-state index contributed by atoms with van der Waals surface area (Å²) in [6.45, 7) is 1.98. The monoisotopic (exact) mass is 356 g/mol. The Bertz CT molecular complexity index is 977. The lowest BCUT2D eigenvalue weighted by atomic mass is 10.1. The second-order valence-corrected chi connectivity index (χ2v) is 5.94. The summed E-state index contributed by atoms with van der Waals surface area (Å²) in [5.41, 5.74) is 9.58. The molecule has 0 saturated heterocycles. The Morgan fingerprint density at radius 1 is 0.852 bits per heavy atom. The fraction of sp³-hybridized carbons (Fsp3) is 0.0952. The van der Waals surface area contributed by atoms with Crippen LogP contribution in [0.25, 0.3) is 11.4 Å². The first-order valence-corrected chi connectivity index (χ1v) is 8.53. The molecule has 4 aromatic rings. The molecule has 0 bridgehead atoms. The SMILES string of the molecule is CC(N)c1ccc(-n2cccn2)cc1.N#Cc1ccc(-n2cccn2)cc1. The predicted octanol–water partition coefficient (Wildman–Crippen LogP) is 3.64. The number of nitrogens with zero attached hydrogens (tertiary/aromatic N) is 5. The summed E-state index contributed by atoms with van der Waals surface area (Å²) in [5.74, 6) is 0. The van der Waals surface area contributed by atoms with Gasteiger partial charge in [-0.25, -0.2) is 9.36 Å². The van der Waals surface area contributed by atoms with Gasteiger partial charge in [-0.2, -0.15) is 15.5 Å². The van der Waals surface area contributed by atoms with E-state index in [-0.39, 0.29) is 6.04 Å². The largest absolute Gasteiger partial charge is 0.324 e. The first kappa shape index (κ1) is 18.1. The van der Waals surface area contributed by atoms with Crippen molar-refractivity contribution in [3.8, 4) is 17.4 Å². The summed E-state index contributed by atoms with van der Waals surface area (Å²) in [6.07, 6.45) is 7.26. The highest BCUT2D eigenvalue weighted by molar-refractivity contribution is 5.38. The molecule has 0 fully saturated rings. The Morgan fingerprint density at radius 2 is 1.33 bits per heavy atom. The van der Waals surface area contributed by atoms with Crippen LogP contribution in [0.5, 0.6) is 0 Å². The zero-order chi connectivity index (χ0) is 19.1. The average molecular weight is 356 g/mol. The van der Waals surface area contributed by atoms with E-state index in [1.807, 2.05) is 72.5 Å². The highest BCUT2D eigenvalue weighted by Crippen LogP contribution is 2.13. The van der Waals surface area contributed by atoms with Crippen LogP contribution in [0.2, 0.25) is 0 Å². The highest BCUT2D eigenvalue weighted by atomic mass is 15.3. The first-order chi connectivity index (χ1) is 13.2. The molecule has 4 rings (SSSR count). The van der Waals surface area contributed by atoms with E-state index >= 15 is 0 Å². The number of benzene rings is 2. The number of aromatic nitrogens is 4. The van der Waals surface area contributed by atoms with Crippen LogP contribution in [0.4, 0.5) is 0 Å². The zero-order valence-corrected chi connectivity index (χ0v) is 15.0. The van der Waals surface area contributed by atoms with E-state index in [1.165, 1.54) is 0 Å². The van der Waals surface area contributed by atoms with E-state index in [1.54, 1.807) is 29.2 Å². The molecule has 2 aromatic heterocycles. The van der Waals surface area contributed by atoms with E-state index in [0.717, 1.165) is 16.9 Å². The molecule has 134 valence electrons. The maximum Gasteiger partial charge on any atom is 0.0991 e. The fourth-order valence-electron chi connectivity index (χ4n) is 2.46. The van der Waals surface area contributed by atoms with Gasteiger partial charge < -0.3 is 5.73 Å². The van der Waals surface area contributed by atoms with E-state index < -0.39 is 0 Å². The van der Waals surface area contributed by atoms with Crippen molar-refractivity contribution in [3.63, 3.8) is 0 Å². The zero-order valence-electron chi connectivity index (χ0n) is 15.0. The molecule has 6 heteroatoms. The molecule has 0 aliphatic heterocycles. The van der Waals surface area contributed by atoms with Crippen molar-refractivity contribution in [2.75, 3.05) is 0 Å². The lowest BCUT2D eigenvalue weighted by molar-refractivity contribution is 0.814. The van der Waals surface area contributed by atoms with Crippen LogP contribution in [-0.4, -0.2) is 19.6 Å². The minimum absolute atomic E-state index is 0.0849. The molecule has 0 radical (unpaired) electrons. The highest BCUT2D eigenvalue weighted by Gasteiger charge is 2.00. The Kier molecular flexibility index (Phi) is 5.77. The van der Waals surface area contributed by atoms with Crippen molar-refractivity contribution >= 4 is 0 Å². The smallest absolute Gasteiger partial charge is 0.0991 e. The molecule has 2 aromatic carbocycles. The van der Waals surface area contributed by atoms with Gasteiger partial charge in [0.25, 0.3) is 0 Å². The van der Waals surface area contributed by atoms with E-state index in [0.29, 0.717) is 5.56 Å². The van der Waals surface area contributed by atoms with Gasteiger partial charge >= 0.3 is 0 Å². The van der Waals surface area contributed by atoms with Gasteiger partial charge in [0, 0.05) is 30.8 Å². The Balaban J connectivity index is 0.000000156. The summed E-state index contributed by atoms with van der Waals surface area (Å²) in [5, 5.41) is 16.8. The van der Waals surface area contributed by atoms with E-state index in [2.05, 4.69) is 16.3 Å². The molecule has 0 aliphatic carbocycles. The predicted molar refractivity (Wildman–Crippen MR) is 104 cm³/mol. The first-order valence-electron chi connectivity index (χ1n) is 8.53. The van der Waals surface area contributed by atoms with Gasteiger partial charge in [0.05, 0.1) is 23.0 Å². The van der Waals surface area contributed by atoms with Crippen LogP contribution in [-0.2, 0) is 0 Å². The van der Waals surface area contributed by atoms with Crippen LogP contribution >= 0.6 is 0 Å². The van der Waals surface area contributed by atoms with Gasteiger partial charge in [-0.1, -0.05) is 12.1 Å². The topological polar surface area (TPSA) is 85.5 Å². The third-order valence-corrected chi connectivity index (χ3v) is 3.95. The lowest BCUT2D eigenvalue weighted by Gasteiger charge is -2.06. The van der Waals surface area contributed by atoms with Crippen LogP contribution < -0.4 is 5.73 Å². The van der Waals surface area contributed by atoms with Crippen molar-refractivity contribution in [2.24, 2.45) is 5.73 Å². The van der Waals surface area contributed by atoms with E-state index in [4.69, 9.17) is 11.0 Å². The van der Waals surface area contributed by atoms with Gasteiger partial charge in [0.1, 0.15) is 0 Å². The summed E-state index contributed by atoms with van der Waals surface area (Å²) in [7, 11) is 0. The third kappa shape index (κ3) is 4.69.